The number of ether oxygens (including phenoxy) is 1. The molecule has 7 nitrogen and oxygen atoms in total. The highest BCUT2D eigenvalue weighted by atomic mass is 16.5. The van der Waals surface area contributed by atoms with Crippen molar-refractivity contribution in [2.45, 2.75) is 13.8 Å². The number of carbonyl (C=O) groups is 2. The molecule has 0 aliphatic rings. The third-order valence-electron chi connectivity index (χ3n) is 3.36. The van der Waals surface area contributed by atoms with Gasteiger partial charge in [-0.05, 0) is 25.0 Å². The van der Waals surface area contributed by atoms with Crippen LogP contribution < -0.4 is 10.9 Å². The number of hydrogen-bond donors (Lipinski definition) is 2. The third kappa shape index (κ3) is 8.06. The average Bonchev–Trinajstić information content (AvgIpc) is 2.62. The normalized spacial score (nSPS) is 11.0. The second-order valence-electron chi connectivity index (χ2n) is 5.91. The third-order valence-corrected chi connectivity index (χ3v) is 3.36. The van der Waals surface area contributed by atoms with Gasteiger partial charge in [0, 0.05) is 0 Å². The zero-order chi connectivity index (χ0) is 19.5. The minimum absolute atomic E-state index is 0.278. The quantitative estimate of drug-likeness (QED) is 0.552. The van der Waals surface area contributed by atoms with E-state index >= 15 is 0 Å². The molecular formula is C20H22N4O3. The monoisotopic (exact) mass is 366 g/mol. The van der Waals surface area contributed by atoms with Crippen LogP contribution >= 0.6 is 0 Å². The molecule has 27 heavy (non-hydrogen) atoms. The van der Waals surface area contributed by atoms with Crippen LogP contribution in [0.5, 0.6) is 0 Å². The lowest BCUT2D eigenvalue weighted by Crippen LogP contribution is -2.28. The van der Waals surface area contributed by atoms with E-state index in [9.17, 15) is 9.59 Å². The van der Waals surface area contributed by atoms with Crippen LogP contribution in [0.3, 0.4) is 0 Å². The summed E-state index contributed by atoms with van der Waals surface area (Å²) in [5, 5.41) is 7.68. The molecule has 2 N–H and O–H groups in total. The van der Waals surface area contributed by atoms with Gasteiger partial charge in [0.2, 0.25) is 0 Å². The van der Waals surface area contributed by atoms with Gasteiger partial charge < -0.3 is 4.74 Å². The summed E-state index contributed by atoms with van der Waals surface area (Å²) in [6.45, 7) is 3.39. The molecule has 0 atom stereocenters. The second-order valence-corrected chi connectivity index (χ2v) is 5.91. The zero-order valence-corrected chi connectivity index (χ0v) is 15.3. The molecule has 7 heteroatoms. The van der Waals surface area contributed by atoms with Crippen LogP contribution in [0.25, 0.3) is 0 Å². The van der Waals surface area contributed by atoms with E-state index in [0.29, 0.717) is 0 Å². The Morgan fingerprint density at radius 2 is 1.30 bits per heavy atom. The Balaban J connectivity index is 1.63. The van der Waals surface area contributed by atoms with Crippen molar-refractivity contribution in [3.63, 3.8) is 0 Å². The Labute approximate surface area is 158 Å². The lowest BCUT2D eigenvalue weighted by Gasteiger charge is -2.02. The molecular weight excluding hydrogens is 344 g/mol. The fourth-order valence-corrected chi connectivity index (χ4v) is 2.16. The molecule has 0 unspecified atom stereocenters. The molecule has 0 heterocycles. The molecule has 0 aliphatic heterocycles. The first kappa shape index (κ1) is 20.0. The van der Waals surface area contributed by atoms with Gasteiger partial charge in [0.25, 0.3) is 11.8 Å². The highest BCUT2D eigenvalue weighted by molar-refractivity contribution is 5.84. The highest BCUT2D eigenvalue weighted by Gasteiger charge is 2.03. The van der Waals surface area contributed by atoms with Gasteiger partial charge in [-0.1, -0.05) is 59.7 Å². The lowest BCUT2D eigenvalue weighted by atomic mass is 10.2. The Hall–Kier alpha value is -3.32. The van der Waals surface area contributed by atoms with Gasteiger partial charge in [-0.2, -0.15) is 10.2 Å². The zero-order valence-electron chi connectivity index (χ0n) is 15.3. The Morgan fingerprint density at radius 3 is 1.70 bits per heavy atom. The van der Waals surface area contributed by atoms with Crippen molar-refractivity contribution >= 4 is 24.2 Å². The Bertz CT molecular complexity index is 777. The molecule has 0 saturated carbocycles. The number of aryl methyl sites for hydroxylation is 2. The van der Waals surface area contributed by atoms with Crippen LogP contribution in [0, 0.1) is 13.8 Å². The molecule has 0 aliphatic carbocycles. The predicted molar refractivity (Wildman–Crippen MR) is 105 cm³/mol. The number of hydrazone groups is 2. The average molecular weight is 366 g/mol. The van der Waals surface area contributed by atoms with Crippen LogP contribution in [0.2, 0.25) is 0 Å². The second kappa shape index (κ2) is 10.6. The van der Waals surface area contributed by atoms with E-state index in [1.807, 2.05) is 62.4 Å². The van der Waals surface area contributed by atoms with Crippen molar-refractivity contribution in [2.75, 3.05) is 13.2 Å². The van der Waals surface area contributed by atoms with E-state index < -0.39 is 11.8 Å². The first-order valence-electron chi connectivity index (χ1n) is 8.38. The van der Waals surface area contributed by atoms with Gasteiger partial charge in [0.1, 0.15) is 13.2 Å². The predicted octanol–water partition coefficient (Wildman–Crippen LogP) is 1.92. The van der Waals surface area contributed by atoms with Crippen molar-refractivity contribution in [2.24, 2.45) is 10.2 Å². The van der Waals surface area contributed by atoms with Crippen molar-refractivity contribution in [1.29, 1.82) is 0 Å². The van der Waals surface area contributed by atoms with Crippen molar-refractivity contribution in [3.05, 3.63) is 70.8 Å². The van der Waals surface area contributed by atoms with Crippen molar-refractivity contribution in [3.8, 4) is 0 Å². The molecule has 2 aromatic rings. The molecule has 2 rings (SSSR count). The molecule has 0 spiro atoms. The molecule has 0 radical (unpaired) electrons. The highest BCUT2D eigenvalue weighted by Crippen LogP contribution is 2.01. The number of hydrogen-bond acceptors (Lipinski definition) is 5. The maximum absolute atomic E-state index is 11.6. The maximum Gasteiger partial charge on any atom is 0.266 e. The summed E-state index contributed by atoms with van der Waals surface area (Å²) in [5.74, 6) is -0.898. The molecule has 0 aromatic heterocycles. The molecule has 140 valence electrons. The van der Waals surface area contributed by atoms with Crippen LogP contribution in [0.4, 0.5) is 0 Å². The first-order chi connectivity index (χ1) is 13.0. The van der Waals surface area contributed by atoms with Crippen LogP contribution in [0.15, 0.2) is 58.7 Å². The number of nitrogens with zero attached hydrogens (tertiary/aromatic N) is 2. The van der Waals surface area contributed by atoms with Gasteiger partial charge in [-0.15, -0.1) is 0 Å². The Kier molecular flexibility index (Phi) is 7.87. The number of carbonyl (C=O) groups excluding carboxylic acids is 2. The largest absolute Gasteiger partial charge is 0.362 e. The standard InChI is InChI=1S/C20H22N4O3/c1-15-5-3-7-17(9-15)11-21-23-19(25)13-27-14-20(26)24-22-12-18-8-4-6-16(2)10-18/h3-12H,13-14H2,1-2H3,(H,23,25)(H,24,26)/b21-11+,22-12+. The molecule has 2 amide bonds. The van der Waals surface area contributed by atoms with Gasteiger partial charge in [-0.25, -0.2) is 10.9 Å². The Morgan fingerprint density at radius 1 is 0.852 bits per heavy atom. The van der Waals surface area contributed by atoms with E-state index in [1.54, 1.807) is 0 Å². The fourth-order valence-electron chi connectivity index (χ4n) is 2.16. The van der Waals surface area contributed by atoms with E-state index in [-0.39, 0.29) is 13.2 Å². The summed E-state index contributed by atoms with van der Waals surface area (Å²) < 4.78 is 5.03. The van der Waals surface area contributed by atoms with Crippen LogP contribution in [-0.4, -0.2) is 37.5 Å². The van der Waals surface area contributed by atoms with Gasteiger partial charge in [0.15, 0.2) is 0 Å². The summed E-state index contributed by atoms with van der Waals surface area (Å²) in [6, 6.07) is 15.4. The number of amides is 2. The summed E-state index contributed by atoms with van der Waals surface area (Å²) >= 11 is 0. The number of rotatable bonds is 8. The van der Waals surface area contributed by atoms with Crippen molar-refractivity contribution in [1.82, 2.24) is 10.9 Å². The molecule has 0 saturated heterocycles. The van der Waals surface area contributed by atoms with E-state index in [0.717, 1.165) is 22.3 Å². The van der Waals surface area contributed by atoms with E-state index in [1.165, 1.54) is 12.4 Å². The first-order valence-corrected chi connectivity index (χ1v) is 8.38. The molecule has 0 bridgehead atoms. The SMILES string of the molecule is Cc1cccc(/C=N/NC(=O)COCC(=O)N/N=C/c2cccc(C)c2)c1. The number of benzene rings is 2. The van der Waals surface area contributed by atoms with E-state index in [2.05, 4.69) is 21.1 Å². The fraction of sp³-hybridized carbons (Fsp3) is 0.200. The summed E-state index contributed by atoms with van der Waals surface area (Å²) in [5.41, 5.74) is 8.63. The maximum atomic E-state index is 11.6. The topological polar surface area (TPSA) is 92.1 Å². The van der Waals surface area contributed by atoms with Gasteiger partial charge in [0.05, 0.1) is 12.4 Å². The van der Waals surface area contributed by atoms with Crippen LogP contribution in [0.1, 0.15) is 22.3 Å². The summed E-state index contributed by atoms with van der Waals surface area (Å²) in [4.78, 5) is 23.2. The van der Waals surface area contributed by atoms with Crippen molar-refractivity contribution < 1.29 is 14.3 Å². The smallest absolute Gasteiger partial charge is 0.266 e. The summed E-state index contributed by atoms with van der Waals surface area (Å²) in [6.07, 6.45) is 3.08. The van der Waals surface area contributed by atoms with E-state index in [4.69, 9.17) is 4.74 Å². The van der Waals surface area contributed by atoms with Crippen LogP contribution in [-0.2, 0) is 14.3 Å². The molecule has 2 aromatic carbocycles. The molecule has 0 fully saturated rings. The minimum atomic E-state index is -0.449. The number of nitrogens with one attached hydrogen (secondary N) is 2. The summed E-state index contributed by atoms with van der Waals surface area (Å²) in [7, 11) is 0. The minimum Gasteiger partial charge on any atom is -0.362 e. The van der Waals surface area contributed by atoms with Gasteiger partial charge in [-0.3, -0.25) is 9.59 Å². The lowest BCUT2D eigenvalue weighted by molar-refractivity contribution is -0.130. The van der Waals surface area contributed by atoms with Gasteiger partial charge >= 0.3 is 0 Å².